The van der Waals surface area contributed by atoms with Crippen LogP contribution in [0.3, 0.4) is 0 Å². The van der Waals surface area contributed by atoms with Gasteiger partial charge in [-0.3, -0.25) is 0 Å². The van der Waals surface area contributed by atoms with Crippen LogP contribution in [0.15, 0.2) is 218 Å². The molecule has 0 N–H and O–H groups in total. The number of aromatic nitrogens is 1. The summed E-state index contributed by atoms with van der Waals surface area (Å²) < 4.78 is 2.42. The Labute approximate surface area is 325 Å². The Morgan fingerprint density at radius 2 is 0.893 bits per heavy atom. The molecule has 2 heteroatoms. The number of rotatable bonds is 6. The summed E-state index contributed by atoms with van der Waals surface area (Å²) in [7, 11) is 0. The summed E-state index contributed by atoms with van der Waals surface area (Å²) in [5.74, 6) is 0. The van der Waals surface area contributed by atoms with Crippen LogP contribution >= 0.6 is 0 Å². The first kappa shape index (κ1) is 32.0. The molecule has 0 fully saturated rings. The van der Waals surface area contributed by atoms with Gasteiger partial charge in [-0.25, -0.2) is 0 Å². The lowest BCUT2D eigenvalue weighted by atomic mass is 9.96. The summed E-state index contributed by atoms with van der Waals surface area (Å²) in [6, 6.07) is 79.6. The maximum absolute atomic E-state index is 2.45. The molecule has 0 atom stereocenters. The predicted octanol–water partition coefficient (Wildman–Crippen LogP) is 15.0. The molecule has 0 saturated heterocycles. The highest BCUT2D eigenvalue weighted by molar-refractivity contribution is 6.19. The minimum absolute atomic E-state index is 1.10. The van der Waals surface area contributed by atoms with Gasteiger partial charge in [0.1, 0.15) is 0 Å². The first-order valence-corrected chi connectivity index (χ1v) is 19.3. The van der Waals surface area contributed by atoms with Crippen molar-refractivity contribution >= 4 is 71.2 Å². The van der Waals surface area contributed by atoms with E-state index < -0.39 is 0 Å². The van der Waals surface area contributed by atoms with Crippen LogP contribution in [0.4, 0.5) is 17.1 Å². The van der Waals surface area contributed by atoms with E-state index in [0.717, 1.165) is 22.7 Å². The third-order valence-corrected chi connectivity index (χ3v) is 11.3. The van der Waals surface area contributed by atoms with Crippen LogP contribution in [0.1, 0.15) is 0 Å². The molecule has 0 aliphatic rings. The average molecular weight is 713 g/mol. The van der Waals surface area contributed by atoms with E-state index in [1.807, 2.05) is 0 Å². The quantitative estimate of drug-likeness (QED) is 0.156. The van der Waals surface area contributed by atoms with Crippen molar-refractivity contribution in [3.05, 3.63) is 218 Å². The van der Waals surface area contributed by atoms with E-state index in [0.29, 0.717) is 0 Å². The Bertz CT molecular complexity index is 3250. The second kappa shape index (κ2) is 13.2. The minimum atomic E-state index is 1.10. The van der Waals surface area contributed by atoms with Crippen molar-refractivity contribution in [2.75, 3.05) is 4.90 Å². The van der Waals surface area contributed by atoms with Crippen LogP contribution in [-0.4, -0.2) is 4.57 Å². The molecule has 2 nitrogen and oxygen atoms in total. The van der Waals surface area contributed by atoms with E-state index in [1.54, 1.807) is 0 Å². The highest BCUT2D eigenvalue weighted by atomic mass is 15.1. The van der Waals surface area contributed by atoms with Crippen LogP contribution in [0.25, 0.3) is 82.1 Å². The fraction of sp³-hybridized carbons (Fsp3) is 0. The van der Waals surface area contributed by atoms with Crippen molar-refractivity contribution in [3.8, 4) is 27.9 Å². The van der Waals surface area contributed by atoms with E-state index in [4.69, 9.17) is 0 Å². The molecule has 0 unspecified atom stereocenters. The second-order valence-electron chi connectivity index (χ2n) is 14.6. The van der Waals surface area contributed by atoms with Gasteiger partial charge in [-0.1, -0.05) is 158 Å². The molecule has 0 aliphatic carbocycles. The number of hydrogen-bond donors (Lipinski definition) is 0. The van der Waals surface area contributed by atoms with E-state index in [2.05, 4.69) is 228 Å². The van der Waals surface area contributed by atoms with E-state index >= 15 is 0 Å². The molecule has 0 radical (unpaired) electrons. The molecule has 1 aromatic heterocycles. The zero-order chi connectivity index (χ0) is 37.0. The van der Waals surface area contributed by atoms with Crippen LogP contribution in [0.2, 0.25) is 0 Å². The van der Waals surface area contributed by atoms with Crippen molar-refractivity contribution in [2.45, 2.75) is 0 Å². The fourth-order valence-electron chi connectivity index (χ4n) is 8.76. The average Bonchev–Trinajstić information content (AvgIpc) is 3.60. The van der Waals surface area contributed by atoms with E-state index in [9.17, 15) is 0 Å². The topological polar surface area (TPSA) is 8.17 Å². The second-order valence-corrected chi connectivity index (χ2v) is 14.6. The molecular weight excluding hydrogens is 677 g/mol. The van der Waals surface area contributed by atoms with Gasteiger partial charge in [-0.2, -0.15) is 0 Å². The molecule has 262 valence electrons. The van der Waals surface area contributed by atoms with Crippen LogP contribution in [0.5, 0.6) is 0 Å². The van der Waals surface area contributed by atoms with Crippen molar-refractivity contribution in [1.29, 1.82) is 0 Å². The Balaban J connectivity index is 1.18. The standard InChI is InChI=1S/C54H36N2/c1-3-16-37(17-4-1)38-21-13-25-44(32-38)55(52-36-42-20-9-10-27-46(42)48-28-11-12-29-49(48)52)45-26-14-22-41(33-45)47-30-15-31-51-54(47)50-34-39-18-7-8-19-40(39)35-53(50)56(51)43-23-5-2-6-24-43/h1-36H. The summed E-state index contributed by atoms with van der Waals surface area (Å²) in [6.45, 7) is 0. The minimum Gasteiger partial charge on any atom is -0.310 e. The summed E-state index contributed by atoms with van der Waals surface area (Å²) in [4.78, 5) is 2.45. The molecule has 1 heterocycles. The zero-order valence-corrected chi connectivity index (χ0v) is 30.7. The summed E-state index contributed by atoms with van der Waals surface area (Å²) >= 11 is 0. The highest BCUT2D eigenvalue weighted by Gasteiger charge is 2.21. The lowest BCUT2D eigenvalue weighted by Crippen LogP contribution is -2.11. The third kappa shape index (κ3) is 5.26. The fourth-order valence-corrected chi connectivity index (χ4v) is 8.76. The van der Waals surface area contributed by atoms with Gasteiger partial charge < -0.3 is 9.47 Å². The monoisotopic (exact) mass is 712 g/mol. The Kier molecular flexibility index (Phi) is 7.53. The molecular formula is C54H36N2. The Hall–Kier alpha value is -7.42. The lowest BCUT2D eigenvalue weighted by Gasteiger charge is -2.28. The molecule has 0 spiro atoms. The van der Waals surface area contributed by atoms with Crippen LogP contribution in [0, 0.1) is 0 Å². The maximum Gasteiger partial charge on any atom is 0.0547 e. The summed E-state index contributed by atoms with van der Waals surface area (Å²) in [6.07, 6.45) is 0. The predicted molar refractivity (Wildman–Crippen MR) is 239 cm³/mol. The molecule has 10 aromatic carbocycles. The molecule has 0 saturated carbocycles. The molecule has 0 amide bonds. The molecule has 11 rings (SSSR count). The first-order valence-electron chi connectivity index (χ1n) is 19.3. The molecule has 0 aliphatic heterocycles. The Morgan fingerprint density at radius 3 is 1.66 bits per heavy atom. The van der Waals surface area contributed by atoms with Gasteiger partial charge in [0.05, 0.1) is 16.7 Å². The number of fused-ring (bicyclic) bond motifs is 7. The van der Waals surface area contributed by atoms with Crippen molar-refractivity contribution in [2.24, 2.45) is 0 Å². The molecule has 0 bridgehead atoms. The maximum atomic E-state index is 2.45. The number of anilines is 3. The van der Waals surface area contributed by atoms with Crippen molar-refractivity contribution in [1.82, 2.24) is 4.57 Å². The number of benzene rings is 10. The zero-order valence-electron chi connectivity index (χ0n) is 30.7. The van der Waals surface area contributed by atoms with Gasteiger partial charge in [-0.05, 0) is 110 Å². The molecule has 56 heavy (non-hydrogen) atoms. The van der Waals surface area contributed by atoms with E-state index in [-0.39, 0.29) is 0 Å². The third-order valence-electron chi connectivity index (χ3n) is 11.3. The normalized spacial score (nSPS) is 11.6. The SMILES string of the molecule is c1ccc(-c2cccc(N(c3cccc(-c4cccc5c4c4cc6ccccc6cc4n5-c4ccccc4)c3)c3cc4ccccc4c4ccccc34)c2)cc1. The van der Waals surface area contributed by atoms with Gasteiger partial charge in [0.15, 0.2) is 0 Å². The van der Waals surface area contributed by atoms with Crippen LogP contribution < -0.4 is 4.90 Å². The summed E-state index contributed by atoms with van der Waals surface area (Å²) in [5, 5.41) is 9.90. The first-order chi connectivity index (χ1) is 27.8. The summed E-state index contributed by atoms with van der Waals surface area (Å²) in [5.41, 5.74) is 11.7. The van der Waals surface area contributed by atoms with Gasteiger partial charge in [0, 0.05) is 33.2 Å². The van der Waals surface area contributed by atoms with Gasteiger partial charge >= 0.3 is 0 Å². The van der Waals surface area contributed by atoms with Gasteiger partial charge in [0.2, 0.25) is 0 Å². The molecule has 11 aromatic rings. The number of hydrogen-bond acceptors (Lipinski definition) is 1. The number of para-hydroxylation sites is 1. The Morgan fingerprint density at radius 1 is 0.321 bits per heavy atom. The largest absolute Gasteiger partial charge is 0.310 e. The van der Waals surface area contributed by atoms with Crippen molar-refractivity contribution in [3.63, 3.8) is 0 Å². The van der Waals surface area contributed by atoms with E-state index in [1.165, 1.54) is 76.4 Å². The van der Waals surface area contributed by atoms with Gasteiger partial charge in [-0.15, -0.1) is 0 Å². The van der Waals surface area contributed by atoms with Crippen LogP contribution in [-0.2, 0) is 0 Å². The van der Waals surface area contributed by atoms with Crippen molar-refractivity contribution < 1.29 is 0 Å². The smallest absolute Gasteiger partial charge is 0.0547 e. The highest BCUT2D eigenvalue weighted by Crippen LogP contribution is 2.45. The number of nitrogens with zero attached hydrogens (tertiary/aromatic N) is 2. The van der Waals surface area contributed by atoms with Gasteiger partial charge in [0.25, 0.3) is 0 Å². The lowest BCUT2D eigenvalue weighted by molar-refractivity contribution is 1.18.